The number of hydrogen-bond acceptors (Lipinski definition) is 3. The molecule has 0 saturated heterocycles. The average molecular weight is 485 g/mol. The van der Waals surface area contributed by atoms with Crippen molar-refractivity contribution < 1.29 is 14.3 Å². The van der Waals surface area contributed by atoms with Gasteiger partial charge in [0.1, 0.15) is 11.8 Å². The van der Waals surface area contributed by atoms with Gasteiger partial charge in [-0.05, 0) is 48.6 Å². The van der Waals surface area contributed by atoms with Crippen LogP contribution in [0.3, 0.4) is 0 Å². The molecule has 1 atom stereocenters. The van der Waals surface area contributed by atoms with Gasteiger partial charge in [0.05, 0.1) is 13.5 Å². The molecule has 1 saturated carbocycles. The van der Waals surface area contributed by atoms with Gasteiger partial charge in [-0.15, -0.1) is 0 Å². The molecule has 4 rings (SSSR count). The maximum atomic E-state index is 13.8. The Balaban J connectivity index is 1.64. The Kier molecular flexibility index (Phi) is 8.77. The van der Waals surface area contributed by atoms with Gasteiger partial charge in [-0.2, -0.15) is 0 Å². The molecule has 36 heavy (non-hydrogen) atoms. The lowest BCUT2D eigenvalue weighted by Gasteiger charge is -2.32. The molecule has 1 N–H and O–H groups in total. The summed E-state index contributed by atoms with van der Waals surface area (Å²) in [6.45, 7) is 2.42. The van der Waals surface area contributed by atoms with Gasteiger partial charge >= 0.3 is 0 Å². The van der Waals surface area contributed by atoms with Crippen molar-refractivity contribution >= 4 is 11.8 Å². The molecule has 5 heteroatoms. The van der Waals surface area contributed by atoms with Crippen molar-refractivity contribution in [2.75, 3.05) is 7.11 Å². The molecule has 0 bridgehead atoms. The molecule has 1 aliphatic carbocycles. The van der Waals surface area contributed by atoms with Crippen LogP contribution in [0.25, 0.3) is 0 Å². The summed E-state index contributed by atoms with van der Waals surface area (Å²) in [4.78, 5) is 29.3. The number of nitrogens with one attached hydrogen (secondary N) is 1. The lowest BCUT2D eigenvalue weighted by molar-refractivity contribution is -0.141. The zero-order valence-electron chi connectivity index (χ0n) is 21.3. The largest absolute Gasteiger partial charge is 0.497 e. The summed E-state index contributed by atoms with van der Waals surface area (Å²) in [6, 6.07) is 25.3. The van der Waals surface area contributed by atoms with E-state index >= 15 is 0 Å². The SMILES string of the molecule is COc1ccc(CC(=O)N(Cc2cccc(C)c2)[C@H](Cc2ccccc2)C(=O)NC2CCCC2)cc1. The van der Waals surface area contributed by atoms with Crippen molar-refractivity contribution in [3.63, 3.8) is 0 Å². The summed E-state index contributed by atoms with van der Waals surface area (Å²) in [7, 11) is 1.63. The van der Waals surface area contributed by atoms with Crippen molar-refractivity contribution in [2.24, 2.45) is 0 Å². The lowest BCUT2D eigenvalue weighted by Crippen LogP contribution is -2.52. The number of rotatable bonds is 10. The maximum absolute atomic E-state index is 13.8. The van der Waals surface area contributed by atoms with Crippen LogP contribution in [0.15, 0.2) is 78.9 Å². The minimum Gasteiger partial charge on any atom is -0.497 e. The number of carbonyl (C=O) groups is 2. The van der Waals surface area contributed by atoms with E-state index in [9.17, 15) is 9.59 Å². The van der Waals surface area contributed by atoms with E-state index in [4.69, 9.17) is 4.74 Å². The van der Waals surface area contributed by atoms with Crippen LogP contribution in [-0.2, 0) is 29.0 Å². The van der Waals surface area contributed by atoms with Gasteiger partial charge in [0.15, 0.2) is 0 Å². The summed E-state index contributed by atoms with van der Waals surface area (Å²) >= 11 is 0. The fraction of sp³-hybridized carbons (Fsp3) is 0.355. The Morgan fingerprint density at radius 3 is 2.28 bits per heavy atom. The lowest BCUT2D eigenvalue weighted by atomic mass is 10.0. The molecule has 0 unspecified atom stereocenters. The van der Waals surface area contributed by atoms with E-state index in [1.165, 1.54) is 0 Å². The number of methoxy groups -OCH3 is 1. The third-order valence-electron chi connectivity index (χ3n) is 6.92. The second kappa shape index (κ2) is 12.4. The van der Waals surface area contributed by atoms with Gasteiger partial charge in [0, 0.05) is 19.0 Å². The van der Waals surface area contributed by atoms with Crippen molar-refractivity contribution in [1.29, 1.82) is 0 Å². The van der Waals surface area contributed by atoms with Crippen molar-refractivity contribution in [1.82, 2.24) is 10.2 Å². The molecule has 3 aromatic rings. The van der Waals surface area contributed by atoms with Crippen LogP contribution < -0.4 is 10.1 Å². The molecule has 5 nitrogen and oxygen atoms in total. The van der Waals surface area contributed by atoms with E-state index in [0.29, 0.717) is 13.0 Å². The predicted octanol–water partition coefficient (Wildman–Crippen LogP) is 5.25. The van der Waals surface area contributed by atoms with Crippen LogP contribution >= 0.6 is 0 Å². The number of amides is 2. The first-order valence-corrected chi connectivity index (χ1v) is 12.8. The minimum atomic E-state index is -0.598. The Labute approximate surface area is 214 Å². The Morgan fingerprint density at radius 2 is 1.61 bits per heavy atom. The third kappa shape index (κ3) is 6.97. The second-order valence-electron chi connectivity index (χ2n) is 9.73. The van der Waals surface area contributed by atoms with Crippen LogP contribution in [0, 0.1) is 6.92 Å². The van der Waals surface area contributed by atoms with E-state index in [2.05, 4.69) is 11.4 Å². The van der Waals surface area contributed by atoms with Crippen molar-refractivity contribution in [3.8, 4) is 5.75 Å². The van der Waals surface area contributed by atoms with Gasteiger partial charge in [-0.3, -0.25) is 9.59 Å². The first-order valence-electron chi connectivity index (χ1n) is 12.8. The fourth-order valence-corrected chi connectivity index (χ4v) is 4.95. The Bertz CT molecular complexity index is 1140. The molecule has 0 spiro atoms. The Hall–Kier alpha value is -3.60. The maximum Gasteiger partial charge on any atom is 0.243 e. The van der Waals surface area contributed by atoms with E-state index < -0.39 is 6.04 Å². The topological polar surface area (TPSA) is 58.6 Å². The van der Waals surface area contributed by atoms with E-state index in [1.54, 1.807) is 12.0 Å². The van der Waals surface area contributed by atoms with Crippen LogP contribution in [0.4, 0.5) is 0 Å². The number of carbonyl (C=O) groups excluding carboxylic acids is 2. The monoisotopic (exact) mass is 484 g/mol. The highest BCUT2D eigenvalue weighted by molar-refractivity contribution is 5.89. The molecule has 0 aliphatic heterocycles. The van der Waals surface area contributed by atoms with E-state index in [1.807, 2.05) is 79.7 Å². The molecule has 0 radical (unpaired) electrons. The predicted molar refractivity (Wildman–Crippen MR) is 143 cm³/mol. The smallest absolute Gasteiger partial charge is 0.243 e. The zero-order valence-corrected chi connectivity index (χ0v) is 21.3. The van der Waals surface area contributed by atoms with Gasteiger partial charge in [0.2, 0.25) is 11.8 Å². The summed E-state index contributed by atoms with van der Waals surface area (Å²) in [5.41, 5.74) is 4.08. The van der Waals surface area contributed by atoms with E-state index in [-0.39, 0.29) is 24.3 Å². The highest BCUT2D eigenvalue weighted by Crippen LogP contribution is 2.21. The standard InChI is InChI=1S/C31H36N2O3/c1-23-9-8-12-26(19-23)22-33(30(34)21-25-15-17-28(36-2)18-16-25)29(20-24-10-4-3-5-11-24)31(35)32-27-13-6-7-14-27/h3-5,8-12,15-19,27,29H,6-7,13-14,20-22H2,1-2H3,(H,32,35)/t29-/m1/s1. The highest BCUT2D eigenvalue weighted by Gasteiger charge is 2.32. The molecule has 3 aromatic carbocycles. The summed E-state index contributed by atoms with van der Waals surface area (Å²) < 4.78 is 5.26. The first-order chi connectivity index (χ1) is 17.5. The number of ether oxygens (including phenoxy) is 1. The van der Waals surface area contributed by atoms with Crippen LogP contribution in [0.1, 0.15) is 47.9 Å². The quantitative estimate of drug-likeness (QED) is 0.428. The molecule has 0 heterocycles. The zero-order chi connectivity index (χ0) is 25.3. The summed E-state index contributed by atoms with van der Waals surface area (Å²) in [5.74, 6) is 0.617. The number of aryl methyl sites for hydroxylation is 1. The molecule has 0 aromatic heterocycles. The van der Waals surface area contributed by atoms with Gasteiger partial charge < -0.3 is 15.0 Å². The summed E-state index contributed by atoms with van der Waals surface area (Å²) in [5, 5.41) is 3.26. The normalized spacial score (nSPS) is 14.3. The first kappa shape index (κ1) is 25.5. The number of hydrogen-bond donors (Lipinski definition) is 1. The van der Waals surface area contributed by atoms with Crippen molar-refractivity contribution in [3.05, 3.63) is 101 Å². The fourth-order valence-electron chi connectivity index (χ4n) is 4.95. The van der Waals surface area contributed by atoms with Gasteiger partial charge in [-0.25, -0.2) is 0 Å². The number of benzene rings is 3. The Morgan fingerprint density at radius 1 is 0.917 bits per heavy atom. The average Bonchev–Trinajstić information content (AvgIpc) is 3.40. The minimum absolute atomic E-state index is 0.0656. The summed E-state index contributed by atoms with van der Waals surface area (Å²) in [6.07, 6.45) is 4.97. The molecule has 2 amide bonds. The van der Waals surface area contributed by atoms with E-state index in [0.717, 1.165) is 53.7 Å². The highest BCUT2D eigenvalue weighted by atomic mass is 16.5. The molecule has 188 valence electrons. The van der Waals surface area contributed by atoms with Crippen LogP contribution in [-0.4, -0.2) is 35.9 Å². The van der Waals surface area contributed by atoms with Gasteiger partial charge in [-0.1, -0.05) is 85.1 Å². The van der Waals surface area contributed by atoms with Crippen LogP contribution in [0.5, 0.6) is 5.75 Å². The van der Waals surface area contributed by atoms with Crippen LogP contribution in [0.2, 0.25) is 0 Å². The molecule has 1 aliphatic rings. The molecular weight excluding hydrogens is 448 g/mol. The molecular formula is C31H36N2O3. The van der Waals surface area contributed by atoms with Crippen molar-refractivity contribution in [2.45, 2.75) is 64.1 Å². The number of nitrogens with zero attached hydrogens (tertiary/aromatic N) is 1. The third-order valence-corrected chi connectivity index (χ3v) is 6.92. The second-order valence-corrected chi connectivity index (χ2v) is 9.73. The molecule has 1 fully saturated rings. The van der Waals surface area contributed by atoms with Gasteiger partial charge in [0.25, 0.3) is 0 Å².